The highest BCUT2D eigenvalue weighted by Crippen LogP contribution is 2.43. The summed E-state index contributed by atoms with van der Waals surface area (Å²) in [6.07, 6.45) is 0. The highest BCUT2D eigenvalue weighted by molar-refractivity contribution is 6.19. The van der Waals surface area contributed by atoms with E-state index in [4.69, 9.17) is 14.4 Å². The molecule has 0 saturated carbocycles. The maximum atomic E-state index is 6.84. The Morgan fingerprint density at radius 2 is 1.08 bits per heavy atom. The van der Waals surface area contributed by atoms with Gasteiger partial charge >= 0.3 is 0 Å². The summed E-state index contributed by atoms with van der Waals surface area (Å²) in [5.74, 6) is 0.703. The minimum atomic E-state index is 0.703. The Bertz CT molecular complexity index is 2830. The van der Waals surface area contributed by atoms with E-state index in [1.165, 1.54) is 21.9 Å². The van der Waals surface area contributed by atoms with Crippen LogP contribution in [0.2, 0.25) is 0 Å². The van der Waals surface area contributed by atoms with Gasteiger partial charge in [0.1, 0.15) is 5.58 Å². The van der Waals surface area contributed by atoms with Crippen LogP contribution in [-0.4, -0.2) is 14.5 Å². The Labute approximate surface area is 276 Å². The third-order valence-electron chi connectivity index (χ3n) is 9.42. The van der Waals surface area contributed by atoms with Crippen LogP contribution in [0.3, 0.4) is 0 Å². The lowest BCUT2D eigenvalue weighted by molar-refractivity contribution is 0.666. The Balaban J connectivity index is 1.27. The van der Waals surface area contributed by atoms with E-state index in [1.54, 1.807) is 0 Å². The molecule has 0 aliphatic rings. The van der Waals surface area contributed by atoms with Crippen LogP contribution in [0.4, 0.5) is 0 Å². The third-order valence-corrected chi connectivity index (χ3v) is 9.42. The van der Waals surface area contributed by atoms with E-state index >= 15 is 0 Å². The lowest BCUT2D eigenvalue weighted by Crippen LogP contribution is -1.95. The first kappa shape index (κ1) is 26.7. The third kappa shape index (κ3) is 3.96. The summed E-state index contributed by atoms with van der Waals surface area (Å²) in [5.41, 5.74) is 11.2. The number of hydrogen-bond donors (Lipinski definition) is 0. The molecule has 0 aliphatic carbocycles. The van der Waals surface area contributed by atoms with Crippen molar-refractivity contribution >= 4 is 54.6 Å². The maximum Gasteiger partial charge on any atom is 0.160 e. The number of hydrogen-bond acceptors (Lipinski definition) is 3. The zero-order valence-corrected chi connectivity index (χ0v) is 25.8. The highest BCUT2D eigenvalue weighted by Gasteiger charge is 2.22. The van der Waals surface area contributed by atoms with Crippen LogP contribution in [-0.2, 0) is 0 Å². The first-order valence-corrected chi connectivity index (χ1v) is 16.2. The second kappa shape index (κ2) is 10.5. The van der Waals surface area contributed by atoms with Gasteiger partial charge in [-0.15, -0.1) is 0 Å². The molecule has 0 radical (unpaired) electrons. The van der Waals surface area contributed by atoms with Crippen molar-refractivity contribution in [3.8, 4) is 39.5 Å². The Morgan fingerprint density at radius 3 is 1.94 bits per heavy atom. The fraction of sp³-hybridized carbons (Fsp3) is 0. The van der Waals surface area contributed by atoms with Gasteiger partial charge in [0.05, 0.1) is 27.9 Å². The van der Waals surface area contributed by atoms with E-state index in [-0.39, 0.29) is 0 Å². The maximum absolute atomic E-state index is 6.84. The first-order valence-electron chi connectivity index (χ1n) is 16.2. The Hall–Kier alpha value is -6.52. The van der Waals surface area contributed by atoms with E-state index in [0.717, 1.165) is 66.4 Å². The van der Waals surface area contributed by atoms with Crippen LogP contribution in [0.15, 0.2) is 168 Å². The molecule has 3 heterocycles. The smallest absolute Gasteiger partial charge is 0.160 e. The predicted molar refractivity (Wildman–Crippen MR) is 197 cm³/mol. The van der Waals surface area contributed by atoms with Gasteiger partial charge in [-0.1, -0.05) is 133 Å². The minimum Gasteiger partial charge on any atom is -0.454 e. The van der Waals surface area contributed by atoms with Crippen molar-refractivity contribution in [3.05, 3.63) is 164 Å². The average molecular weight is 614 g/mol. The van der Waals surface area contributed by atoms with Crippen molar-refractivity contribution in [2.45, 2.75) is 0 Å². The quantitative estimate of drug-likeness (QED) is 0.198. The molecule has 48 heavy (non-hydrogen) atoms. The van der Waals surface area contributed by atoms with Gasteiger partial charge in [-0.25, -0.2) is 9.97 Å². The molecule has 10 rings (SSSR count). The van der Waals surface area contributed by atoms with Crippen molar-refractivity contribution in [1.29, 1.82) is 0 Å². The second-order valence-corrected chi connectivity index (χ2v) is 12.1. The normalized spacial score (nSPS) is 11.8. The monoisotopic (exact) mass is 613 g/mol. The van der Waals surface area contributed by atoms with Crippen LogP contribution in [0.5, 0.6) is 0 Å². The van der Waals surface area contributed by atoms with E-state index in [1.807, 2.05) is 24.3 Å². The molecule has 224 valence electrons. The number of nitrogens with zero attached hydrogens (tertiary/aromatic N) is 3. The van der Waals surface area contributed by atoms with Crippen LogP contribution in [0, 0.1) is 0 Å². The SMILES string of the molecule is c1ccc(-c2nc(-c3cccc4oc5c(-n6c7ccccc7c7c(-c8ccccc8)cccc76)cccc5c34)c3ccccc3n2)cc1. The molecule has 0 spiro atoms. The summed E-state index contributed by atoms with van der Waals surface area (Å²) < 4.78 is 9.20. The molecule has 4 heteroatoms. The summed E-state index contributed by atoms with van der Waals surface area (Å²) in [6.45, 7) is 0. The number of aromatic nitrogens is 3. The van der Waals surface area contributed by atoms with Crippen molar-refractivity contribution in [2.24, 2.45) is 0 Å². The molecule has 7 aromatic carbocycles. The van der Waals surface area contributed by atoms with Crippen molar-refractivity contribution in [3.63, 3.8) is 0 Å². The van der Waals surface area contributed by atoms with Crippen LogP contribution in [0.25, 0.3) is 94.1 Å². The standard InChI is InChI=1S/C44H27N3O/c1-3-14-28(15-4-1)30-20-11-25-37-40(30)32-19-8-10-24-36(32)47(37)38-26-12-22-34-41-33(21-13-27-39(41)48-43(34)38)42-31-18-7-9-23-35(31)45-44(46-42)29-16-5-2-6-17-29/h1-27H. The van der Waals surface area contributed by atoms with Crippen LogP contribution >= 0.6 is 0 Å². The molecule has 4 nitrogen and oxygen atoms in total. The van der Waals surface area contributed by atoms with E-state index in [0.29, 0.717) is 5.82 Å². The fourth-order valence-electron chi connectivity index (χ4n) is 7.34. The summed E-state index contributed by atoms with van der Waals surface area (Å²) in [7, 11) is 0. The number of para-hydroxylation sites is 3. The Morgan fingerprint density at radius 1 is 0.438 bits per heavy atom. The molecule has 0 unspecified atom stereocenters. The first-order chi connectivity index (χ1) is 23.8. The molecule has 0 fully saturated rings. The topological polar surface area (TPSA) is 43.9 Å². The molecule has 3 aromatic heterocycles. The van der Waals surface area contributed by atoms with Gasteiger partial charge in [0.25, 0.3) is 0 Å². The van der Waals surface area contributed by atoms with Gasteiger partial charge in [-0.05, 0) is 41.5 Å². The van der Waals surface area contributed by atoms with Gasteiger partial charge < -0.3 is 8.98 Å². The molecule has 0 atom stereocenters. The van der Waals surface area contributed by atoms with Crippen molar-refractivity contribution in [2.75, 3.05) is 0 Å². The number of benzene rings is 7. The van der Waals surface area contributed by atoms with E-state index in [2.05, 4.69) is 144 Å². The summed E-state index contributed by atoms with van der Waals surface area (Å²) in [6, 6.07) is 57.1. The molecular formula is C44H27N3O. The average Bonchev–Trinajstić information content (AvgIpc) is 3.71. The minimum absolute atomic E-state index is 0.703. The molecule has 0 bridgehead atoms. The highest BCUT2D eigenvalue weighted by atomic mass is 16.3. The lowest BCUT2D eigenvalue weighted by Gasteiger charge is -2.11. The largest absolute Gasteiger partial charge is 0.454 e. The zero-order valence-electron chi connectivity index (χ0n) is 25.8. The van der Waals surface area contributed by atoms with Crippen LogP contribution in [0.1, 0.15) is 0 Å². The molecule has 10 aromatic rings. The fourth-order valence-corrected chi connectivity index (χ4v) is 7.34. The molecular weight excluding hydrogens is 587 g/mol. The Kier molecular flexibility index (Phi) is 5.84. The molecule has 0 N–H and O–H groups in total. The predicted octanol–water partition coefficient (Wildman–Crippen LogP) is 11.6. The van der Waals surface area contributed by atoms with Crippen LogP contribution < -0.4 is 0 Å². The van der Waals surface area contributed by atoms with Crippen molar-refractivity contribution in [1.82, 2.24) is 14.5 Å². The summed E-state index contributed by atoms with van der Waals surface area (Å²) >= 11 is 0. The second-order valence-electron chi connectivity index (χ2n) is 12.1. The van der Waals surface area contributed by atoms with E-state index in [9.17, 15) is 0 Å². The number of fused-ring (bicyclic) bond motifs is 7. The van der Waals surface area contributed by atoms with E-state index < -0.39 is 0 Å². The van der Waals surface area contributed by atoms with Crippen molar-refractivity contribution < 1.29 is 4.42 Å². The van der Waals surface area contributed by atoms with Gasteiger partial charge in [0.2, 0.25) is 0 Å². The molecule has 0 aliphatic heterocycles. The summed E-state index contributed by atoms with van der Waals surface area (Å²) in [4.78, 5) is 10.2. The summed E-state index contributed by atoms with van der Waals surface area (Å²) in [5, 5.41) is 5.54. The van der Waals surface area contributed by atoms with Gasteiger partial charge in [0, 0.05) is 38.1 Å². The number of furan rings is 1. The van der Waals surface area contributed by atoms with Gasteiger partial charge in [0.15, 0.2) is 11.4 Å². The van der Waals surface area contributed by atoms with Gasteiger partial charge in [-0.3, -0.25) is 0 Å². The number of rotatable bonds is 4. The molecule has 0 amide bonds. The zero-order chi connectivity index (χ0) is 31.6. The molecule has 0 saturated heterocycles. The van der Waals surface area contributed by atoms with Gasteiger partial charge in [-0.2, -0.15) is 0 Å². The lowest BCUT2D eigenvalue weighted by atomic mass is 9.99.